The predicted octanol–water partition coefficient (Wildman–Crippen LogP) is 3.69. The van der Waals surface area contributed by atoms with Crippen molar-refractivity contribution in [2.24, 2.45) is 0 Å². The molecule has 0 aromatic carbocycles. The van der Waals surface area contributed by atoms with Crippen molar-refractivity contribution in [3.63, 3.8) is 0 Å². The van der Waals surface area contributed by atoms with Gasteiger partial charge in [-0.3, -0.25) is 4.90 Å². The van der Waals surface area contributed by atoms with E-state index in [0.29, 0.717) is 12.3 Å². The molecule has 0 bridgehead atoms. The molecule has 0 atom stereocenters. The van der Waals surface area contributed by atoms with Crippen molar-refractivity contribution in [3.8, 4) is 0 Å². The second kappa shape index (κ2) is 8.00. The van der Waals surface area contributed by atoms with Crippen LogP contribution in [0, 0.1) is 6.92 Å². The number of furan rings is 1. The Kier molecular flexibility index (Phi) is 6.64. The molecular weight excluding hydrogens is 242 g/mol. The van der Waals surface area contributed by atoms with E-state index in [1.165, 1.54) is 12.8 Å². The van der Waals surface area contributed by atoms with Crippen LogP contribution < -0.4 is 0 Å². The molecule has 0 aliphatic rings. The molecule has 4 nitrogen and oxygen atoms in total. The fraction of sp³-hybridized carbons (Fsp3) is 0.667. The summed E-state index contributed by atoms with van der Waals surface area (Å²) in [5, 5.41) is 9.02. The standard InChI is InChI=1S/C15H25NO3/c1-4-6-8-16(9-7-5-2)11-13-10-14(15(17)18)12(3)19-13/h10H,4-9,11H2,1-3H3,(H,17,18). The lowest BCUT2D eigenvalue weighted by Crippen LogP contribution is -2.25. The first-order valence-electron chi connectivity index (χ1n) is 7.13. The maximum absolute atomic E-state index is 11.0. The number of carboxylic acids is 1. The summed E-state index contributed by atoms with van der Waals surface area (Å²) < 4.78 is 5.54. The van der Waals surface area contributed by atoms with E-state index >= 15 is 0 Å². The van der Waals surface area contributed by atoms with Crippen LogP contribution in [-0.2, 0) is 6.54 Å². The number of hydrogen-bond acceptors (Lipinski definition) is 3. The minimum absolute atomic E-state index is 0.279. The number of aryl methyl sites for hydroxylation is 1. The van der Waals surface area contributed by atoms with Gasteiger partial charge >= 0.3 is 5.97 Å². The third-order valence-corrected chi connectivity index (χ3v) is 3.23. The Hall–Kier alpha value is -1.29. The van der Waals surface area contributed by atoms with Gasteiger partial charge in [0.1, 0.15) is 17.1 Å². The summed E-state index contributed by atoms with van der Waals surface area (Å²) in [5.74, 6) is 0.330. The topological polar surface area (TPSA) is 53.7 Å². The van der Waals surface area contributed by atoms with Crippen LogP contribution >= 0.6 is 0 Å². The zero-order chi connectivity index (χ0) is 14.3. The molecule has 0 saturated carbocycles. The smallest absolute Gasteiger partial charge is 0.339 e. The molecule has 1 aromatic heterocycles. The minimum Gasteiger partial charge on any atom is -0.478 e. The summed E-state index contributed by atoms with van der Waals surface area (Å²) in [6.07, 6.45) is 4.66. The van der Waals surface area contributed by atoms with Gasteiger partial charge in [-0.1, -0.05) is 26.7 Å². The van der Waals surface area contributed by atoms with Gasteiger partial charge in [-0.2, -0.15) is 0 Å². The zero-order valence-corrected chi connectivity index (χ0v) is 12.2. The third-order valence-electron chi connectivity index (χ3n) is 3.23. The molecule has 108 valence electrons. The SMILES string of the molecule is CCCCN(CCCC)Cc1cc(C(=O)O)c(C)o1. The van der Waals surface area contributed by atoms with Gasteiger partial charge in [0.05, 0.1) is 6.54 Å². The zero-order valence-electron chi connectivity index (χ0n) is 12.2. The molecule has 0 radical (unpaired) electrons. The van der Waals surface area contributed by atoms with Crippen molar-refractivity contribution in [2.75, 3.05) is 13.1 Å². The number of carboxylic acid groups (broad SMARTS) is 1. The van der Waals surface area contributed by atoms with E-state index in [1.807, 2.05) is 0 Å². The van der Waals surface area contributed by atoms with Crippen LogP contribution in [0.5, 0.6) is 0 Å². The predicted molar refractivity (Wildman–Crippen MR) is 75.5 cm³/mol. The normalized spacial score (nSPS) is 11.2. The van der Waals surface area contributed by atoms with Crippen LogP contribution in [0.25, 0.3) is 0 Å². The van der Waals surface area contributed by atoms with E-state index in [4.69, 9.17) is 9.52 Å². The quantitative estimate of drug-likeness (QED) is 0.741. The van der Waals surface area contributed by atoms with E-state index in [2.05, 4.69) is 18.7 Å². The summed E-state index contributed by atoms with van der Waals surface area (Å²) in [7, 11) is 0. The fourth-order valence-electron chi connectivity index (χ4n) is 2.09. The van der Waals surface area contributed by atoms with Crippen LogP contribution in [0.3, 0.4) is 0 Å². The number of aromatic carboxylic acids is 1. The molecule has 1 rings (SSSR count). The van der Waals surface area contributed by atoms with Crippen LogP contribution in [0.2, 0.25) is 0 Å². The number of carbonyl (C=O) groups is 1. The number of nitrogens with zero attached hydrogens (tertiary/aromatic N) is 1. The maximum atomic E-state index is 11.0. The van der Waals surface area contributed by atoms with Gasteiger partial charge in [0, 0.05) is 0 Å². The van der Waals surface area contributed by atoms with Crippen LogP contribution in [0.1, 0.15) is 61.4 Å². The van der Waals surface area contributed by atoms with Gasteiger partial charge in [0.25, 0.3) is 0 Å². The van der Waals surface area contributed by atoms with Crippen molar-refractivity contribution in [1.82, 2.24) is 4.90 Å². The van der Waals surface area contributed by atoms with E-state index in [1.54, 1.807) is 13.0 Å². The molecule has 1 heterocycles. The summed E-state index contributed by atoms with van der Waals surface area (Å²) in [6, 6.07) is 1.66. The summed E-state index contributed by atoms with van der Waals surface area (Å²) >= 11 is 0. The lowest BCUT2D eigenvalue weighted by Gasteiger charge is -2.20. The molecule has 0 aliphatic heterocycles. The Balaban J connectivity index is 2.66. The molecule has 0 spiro atoms. The van der Waals surface area contributed by atoms with Gasteiger partial charge in [0.2, 0.25) is 0 Å². The average Bonchev–Trinajstić information content (AvgIpc) is 2.73. The Morgan fingerprint density at radius 1 is 1.26 bits per heavy atom. The largest absolute Gasteiger partial charge is 0.478 e. The third kappa shape index (κ3) is 5.07. The first kappa shape index (κ1) is 15.8. The molecule has 0 saturated heterocycles. The molecule has 0 aliphatic carbocycles. The number of unbranched alkanes of at least 4 members (excludes halogenated alkanes) is 2. The molecule has 1 N–H and O–H groups in total. The molecule has 0 fully saturated rings. The van der Waals surface area contributed by atoms with Gasteiger partial charge in [-0.05, 0) is 38.9 Å². The summed E-state index contributed by atoms with van der Waals surface area (Å²) in [5.41, 5.74) is 0.279. The second-order valence-corrected chi connectivity index (χ2v) is 4.97. The Morgan fingerprint density at radius 3 is 2.26 bits per heavy atom. The molecule has 4 heteroatoms. The van der Waals surface area contributed by atoms with Gasteiger partial charge in [-0.15, -0.1) is 0 Å². The van der Waals surface area contributed by atoms with E-state index in [9.17, 15) is 4.79 Å². The first-order valence-corrected chi connectivity index (χ1v) is 7.13. The second-order valence-electron chi connectivity index (χ2n) is 4.97. The molecule has 19 heavy (non-hydrogen) atoms. The molecule has 0 amide bonds. The highest BCUT2D eigenvalue weighted by Gasteiger charge is 2.15. The van der Waals surface area contributed by atoms with Crippen molar-refractivity contribution in [2.45, 2.75) is 53.0 Å². The average molecular weight is 267 g/mol. The number of hydrogen-bond donors (Lipinski definition) is 1. The van der Waals surface area contributed by atoms with Crippen LogP contribution in [0.4, 0.5) is 0 Å². The van der Waals surface area contributed by atoms with Crippen molar-refractivity contribution < 1.29 is 14.3 Å². The van der Waals surface area contributed by atoms with Gasteiger partial charge in [-0.25, -0.2) is 4.79 Å². The fourth-order valence-corrected chi connectivity index (χ4v) is 2.09. The molecular formula is C15H25NO3. The first-order chi connectivity index (χ1) is 9.08. The Morgan fingerprint density at radius 2 is 1.84 bits per heavy atom. The van der Waals surface area contributed by atoms with Crippen LogP contribution in [0.15, 0.2) is 10.5 Å². The highest BCUT2D eigenvalue weighted by molar-refractivity contribution is 5.88. The highest BCUT2D eigenvalue weighted by Crippen LogP contribution is 2.17. The lowest BCUT2D eigenvalue weighted by molar-refractivity contribution is 0.0695. The Labute approximate surface area is 115 Å². The lowest BCUT2D eigenvalue weighted by atomic mass is 10.2. The van der Waals surface area contributed by atoms with E-state index < -0.39 is 5.97 Å². The number of rotatable bonds is 9. The Bertz CT molecular complexity index is 390. The van der Waals surface area contributed by atoms with Crippen molar-refractivity contribution in [1.29, 1.82) is 0 Å². The minimum atomic E-state index is -0.916. The van der Waals surface area contributed by atoms with Gasteiger partial charge in [0.15, 0.2) is 0 Å². The molecule has 1 aromatic rings. The van der Waals surface area contributed by atoms with Crippen LogP contribution in [-0.4, -0.2) is 29.1 Å². The van der Waals surface area contributed by atoms with E-state index in [-0.39, 0.29) is 5.56 Å². The maximum Gasteiger partial charge on any atom is 0.339 e. The highest BCUT2D eigenvalue weighted by atomic mass is 16.4. The van der Waals surface area contributed by atoms with Gasteiger partial charge < -0.3 is 9.52 Å². The van der Waals surface area contributed by atoms with Crippen molar-refractivity contribution >= 4 is 5.97 Å². The summed E-state index contributed by atoms with van der Waals surface area (Å²) in [6.45, 7) is 8.84. The van der Waals surface area contributed by atoms with E-state index in [0.717, 1.165) is 31.7 Å². The van der Waals surface area contributed by atoms with Crippen molar-refractivity contribution in [3.05, 3.63) is 23.2 Å². The monoisotopic (exact) mass is 267 g/mol. The summed E-state index contributed by atoms with van der Waals surface area (Å²) in [4.78, 5) is 13.3. The molecule has 0 unspecified atom stereocenters.